The van der Waals surface area contributed by atoms with Crippen molar-refractivity contribution in [3.8, 4) is 5.75 Å². The van der Waals surface area contributed by atoms with E-state index in [0.29, 0.717) is 0 Å². The predicted molar refractivity (Wildman–Crippen MR) is 67.0 cm³/mol. The molecule has 0 bridgehead atoms. The number of aromatic amines is 1. The van der Waals surface area contributed by atoms with Gasteiger partial charge in [-0.15, -0.1) is 0 Å². The first-order valence-corrected chi connectivity index (χ1v) is 5.65. The van der Waals surface area contributed by atoms with Crippen LogP contribution in [0.25, 0.3) is 10.9 Å². The Kier molecular flexibility index (Phi) is 3.50. The number of halogens is 1. The first-order chi connectivity index (χ1) is 9.10. The second-order valence-electron chi connectivity index (χ2n) is 3.76. The maximum absolute atomic E-state index is 13.9. The van der Waals surface area contributed by atoms with Crippen molar-refractivity contribution < 1.29 is 18.7 Å². The Morgan fingerprint density at radius 3 is 2.79 bits per heavy atom. The summed E-state index contributed by atoms with van der Waals surface area (Å²) < 4.78 is 23.5. The van der Waals surface area contributed by atoms with Gasteiger partial charge in [0, 0.05) is 11.6 Å². The van der Waals surface area contributed by atoms with Crippen LogP contribution in [-0.2, 0) is 4.74 Å². The van der Waals surface area contributed by atoms with E-state index >= 15 is 0 Å². The van der Waals surface area contributed by atoms with Crippen LogP contribution in [0.5, 0.6) is 5.75 Å². The SMILES string of the molecule is CCOC(=O)c1c[nH]c2c(F)c(OC)ccc2c1=O. The van der Waals surface area contributed by atoms with Gasteiger partial charge in [0.05, 0.1) is 19.2 Å². The minimum Gasteiger partial charge on any atom is -0.494 e. The quantitative estimate of drug-likeness (QED) is 0.860. The zero-order valence-electron chi connectivity index (χ0n) is 10.5. The third-order valence-electron chi connectivity index (χ3n) is 2.67. The number of carbonyl (C=O) groups is 1. The van der Waals surface area contributed by atoms with E-state index in [9.17, 15) is 14.0 Å². The highest BCUT2D eigenvalue weighted by atomic mass is 19.1. The highest BCUT2D eigenvalue weighted by Crippen LogP contribution is 2.22. The number of carbonyl (C=O) groups excluding carboxylic acids is 1. The van der Waals surface area contributed by atoms with Gasteiger partial charge in [-0.2, -0.15) is 0 Å². The van der Waals surface area contributed by atoms with Crippen LogP contribution in [0.15, 0.2) is 23.1 Å². The van der Waals surface area contributed by atoms with Crippen molar-refractivity contribution in [2.45, 2.75) is 6.92 Å². The van der Waals surface area contributed by atoms with Crippen LogP contribution in [0.2, 0.25) is 0 Å². The van der Waals surface area contributed by atoms with E-state index in [-0.39, 0.29) is 28.8 Å². The third kappa shape index (κ3) is 2.16. The molecule has 0 amide bonds. The van der Waals surface area contributed by atoms with Crippen molar-refractivity contribution in [1.82, 2.24) is 4.98 Å². The molecule has 0 aliphatic rings. The highest BCUT2D eigenvalue weighted by Gasteiger charge is 2.17. The maximum Gasteiger partial charge on any atom is 0.343 e. The third-order valence-corrected chi connectivity index (χ3v) is 2.67. The largest absolute Gasteiger partial charge is 0.494 e. The highest BCUT2D eigenvalue weighted by molar-refractivity contribution is 5.93. The molecule has 1 aromatic carbocycles. The molecule has 0 aliphatic heterocycles. The number of rotatable bonds is 3. The number of fused-ring (bicyclic) bond motifs is 1. The van der Waals surface area contributed by atoms with Crippen LogP contribution in [-0.4, -0.2) is 24.7 Å². The van der Waals surface area contributed by atoms with Crippen molar-refractivity contribution in [2.75, 3.05) is 13.7 Å². The molecule has 19 heavy (non-hydrogen) atoms. The lowest BCUT2D eigenvalue weighted by Crippen LogP contribution is -2.18. The number of H-pyrrole nitrogens is 1. The first kappa shape index (κ1) is 13.1. The van der Waals surface area contributed by atoms with Gasteiger partial charge in [0.15, 0.2) is 11.6 Å². The lowest BCUT2D eigenvalue weighted by atomic mass is 10.1. The van der Waals surface area contributed by atoms with Crippen LogP contribution in [0.4, 0.5) is 4.39 Å². The van der Waals surface area contributed by atoms with Crippen molar-refractivity contribution in [2.24, 2.45) is 0 Å². The summed E-state index contributed by atoms with van der Waals surface area (Å²) in [6.07, 6.45) is 1.14. The molecule has 5 nitrogen and oxygen atoms in total. The van der Waals surface area contributed by atoms with Crippen LogP contribution >= 0.6 is 0 Å². The fraction of sp³-hybridized carbons (Fsp3) is 0.231. The lowest BCUT2D eigenvalue weighted by molar-refractivity contribution is 0.0524. The molecule has 6 heteroatoms. The molecule has 0 saturated carbocycles. The molecule has 2 aromatic rings. The minimum atomic E-state index is -0.734. The van der Waals surface area contributed by atoms with Gasteiger partial charge in [-0.3, -0.25) is 4.79 Å². The van der Waals surface area contributed by atoms with Crippen molar-refractivity contribution in [3.05, 3.63) is 39.9 Å². The molecule has 0 saturated heterocycles. The molecule has 100 valence electrons. The second kappa shape index (κ2) is 5.09. The summed E-state index contributed by atoms with van der Waals surface area (Å²) in [5, 5.41) is 0.0730. The van der Waals surface area contributed by atoms with Gasteiger partial charge in [0.2, 0.25) is 5.43 Å². The molecule has 0 atom stereocenters. The Balaban J connectivity index is 2.67. The van der Waals surface area contributed by atoms with E-state index in [0.717, 1.165) is 6.20 Å². The van der Waals surface area contributed by atoms with Gasteiger partial charge in [-0.25, -0.2) is 9.18 Å². The topological polar surface area (TPSA) is 68.4 Å². The standard InChI is InChI=1S/C13H12FNO4/c1-3-19-13(17)8-6-15-11-7(12(8)16)4-5-9(18-2)10(11)14/h4-6H,3H2,1-2H3,(H,15,16). The van der Waals surface area contributed by atoms with Gasteiger partial charge < -0.3 is 14.5 Å². The van der Waals surface area contributed by atoms with E-state index in [1.807, 2.05) is 0 Å². The Hall–Kier alpha value is -2.37. The number of esters is 1. The Morgan fingerprint density at radius 2 is 2.16 bits per heavy atom. The first-order valence-electron chi connectivity index (χ1n) is 5.65. The minimum absolute atomic E-state index is 0.00241. The zero-order chi connectivity index (χ0) is 14.0. The Bertz CT molecular complexity index is 693. The molecule has 1 heterocycles. The van der Waals surface area contributed by atoms with Crippen LogP contribution in [0.3, 0.4) is 0 Å². The van der Waals surface area contributed by atoms with E-state index < -0.39 is 17.2 Å². The molecular formula is C13H12FNO4. The average Bonchev–Trinajstić information content (AvgIpc) is 2.40. The number of benzene rings is 1. The summed E-state index contributed by atoms with van der Waals surface area (Å²) >= 11 is 0. The fourth-order valence-electron chi connectivity index (χ4n) is 1.76. The number of ether oxygens (including phenoxy) is 2. The number of aromatic nitrogens is 1. The molecule has 0 fully saturated rings. The Morgan fingerprint density at radius 1 is 1.42 bits per heavy atom. The molecule has 2 rings (SSSR count). The number of nitrogens with one attached hydrogen (secondary N) is 1. The van der Waals surface area contributed by atoms with Gasteiger partial charge in [-0.1, -0.05) is 0 Å². The van der Waals surface area contributed by atoms with Gasteiger partial charge in [0.1, 0.15) is 5.56 Å². The van der Waals surface area contributed by atoms with Crippen molar-refractivity contribution >= 4 is 16.9 Å². The van der Waals surface area contributed by atoms with Crippen LogP contribution < -0.4 is 10.2 Å². The van der Waals surface area contributed by atoms with Crippen LogP contribution in [0.1, 0.15) is 17.3 Å². The van der Waals surface area contributed by atoms with E-state index in [4.69, 9.17) is 9.47 Å². The monoisotopic (exact) mass is 265 g/mol. The molecule has 0 spiro atoms. The molecular weight excluding hydrogens is 253 g/mol. The molecule has 0 unspecified atom stereocenters. The maximum atomic E-state index is 13.9. The molecule has 0 aliphatic carbocycles. The fourth-order valence-corrected chi connectivity index (χ4v) is 1.76. The van der Waals surface area contributed by atoms with E-state index in [1.54, 1.807) is 6.92 Å². The molecule has 1 N–H and O–H groups in total. The summed E-state index contributed by atoms with van der Waals surface area (Å²) in [7, 11) is 1.33. The van der Waals surface area contributed by atoms with Crippen molar-refractivity contribution in [1.29, 1.82) is 0 Å². The second-order valence-corrected chi connectivity index (χ2v) is 3.76. The number of pyridine rings is 1. The summed E-state index contributed by atoms with van der Waals surface area (Å²) in [6.45, 7) is 1.80. The van der Waals surface area contributed by atoms with E-state index in [2.05, 4.69) is 4.98 Å². The number of hydrogen-bond donors (Lipinski definition) is 1. The average molecular weight is 265 g/mol. The number of methoxy groups -OCH3 is 1. The van der Waals surface area contributed by atoms with Gasteiger partial charge in [-0.05, 0) is 19.1 Å². The Labute approximate surface area is 108 Å². The summed E-state index contributed by atoms with van der Waals surface area (Å²) in [4.78, 5) is 26.2. The normalized spacial score (nSPS) is 10.5. The molecule has 0 radical (unpaired) electrons. The summed E-state index contributed by atoms with van der Waals surface area (Å²) in [5.74, 6) is -1.39. The van der Waals surface area contributed by atoms with Crippen molar-refractivity contribution in [3.63, 3.8) is 0 Å². The van der Waals surface area contributed by atoms with Crippen LogP contribution in [0, 0.1) is 5.82 Å². The summed E-state index contributed by atoms with van der Waals surface area (Å²) in [6, 6.07) is 2.74. The summed E-state index contributed by atoms with van der Waals surface area (Å²) in [5.41, 5.74) is -0.731. The zero-order valence-corrected chi connectivity index (χ0v) is 10.5. The predicted octanol–water partition coefficient (Wildman–Crippen LogP) is 1.85. The lowest BCUT2D eigenvalue weighted by Gasteiger charge is -2.06. The van der Waals surface area contributed by atoms with E-state index in [1.165, 1.54) is 19.2 Å². The van der Waals surface area contributed by atoms with Gasteiger partial charge in [0.25, 0.3) is 0 Å². The van der Waals surface area contributed by atoms with Gasteiger partial charge >= 0.3 is 5.97 Å². The molecule has 1 aromatic heterocycles. The number of hydrogen-bond acceptors (Lipinski definition) is 4. The smallest absolute Gasteiger partial charge is 0.343 e.